The van der Waals surface area contributed by atoms with Gasteiger partial charge in [-0.3, -0.25) is 4.90 Å². The van der Waals surface area contributed by atoms with Gasteiger partial charge in [0.2, 0.25) is 0 Å². The highest BCUT2D eigenvalue weighted by Gasteiger charge is 2.31. The predicted molar refractivity (Wildman–Crippen MR) is 69.7 cm³/mol. The first-order chi connectivity index (χ1) is 8.10. The van der Waals surface area contributed by atoms with Crippen LogP contribution in [0.25, 0.3) is 0 Å². The minimum Gasteiger partial charge on any atom is -0.316 e. The molecule has 0 aliphatic carbocycles. The molecule has 0 aromatic carbocycles. The van der Waals surface area contributed by atoms with Crippen molar-refractivity contribution in [3.05, 3.63) is 0 Å². The molecule has 1 atom stereocenters. The van der Waals surface area contributed by atoms with E-state index in [0.717, 1.165) is 12.8 Å². The smallest absolute Gasteiger partial charge is 0.316 e. The van der Waals surface area contributed by atoms with E-state index >= 15 is 0 Å². The summed E-state index contributed by atoms with van der Waals surface area (Å²) in [6.07, 6.45) is -2.63. The van der Waals surface area contributed by atoms with Crippen LogP contribution < -0.4 is 5.32 Å². The number of nitrogens with zero attached hydrogens (tertiary/aromatic N) is 1. The molecule has 0 aromatic heterocycles. The molecular formula is C13H27F3N2. The van der Waals surface area contributed by atoms with Crippen LogP contribution in [0.2, 0.25) is 0 Å². The SMILES string of the molecule is CCCN(CCC(NC)C(C)(C)C)CC(F)(F)F. The Bertz CT molecular complexity index is 221. The van der Waals surface area contributed by atoms with Crippen LogP contribution in [0, 0.1) is 5.41 Å². The van der Waals surface area contributed by atoms with E-state index in [2.05, 4.69) is 26.1 Å². The van der Waals surface area contributed by atoms with Crippen LogP contribution in [-0.4, -0.2) is 43.8 Å². The average Bonchev–Trinajstić information content (AvgIpc) is 2.14. The first-order valence-electron chi connectivity index (χ1n) is 6.56. The Morgan fingerprint density at radius 2 is 1.67 bits per heavy atom. The van der Waals surface area contributed by atoms with Crippen molar-refractivity contribution in [3.8, 4) is 0 Å². The third kappa shape index (κ3) is 7.93. The maximum absolute atomic E-state index is 12.4. The van der Waals surface area contributed by atoms with Gasteiger partial charge >= 0.3 is 6.18 Å². The highest BCUT2D eigenvalue weighted by atomic mass is 19.4. The fourth-order valence-electron chi connectivity index (χ4n) is 2.16. The predicted octanol–water partition coefficient (Wildman–Crippen LogP) is 3.28. The number of rotatable bonds is 7. The Morgan fingerprint density at radius 3 is 2.00 bits per heavy atom. The second-order valence-electron chi connectivity index (χ2n) is 5.89. The molecule has 0 aromatic rings. The molecule has 0 bridgehead atoms. The standard InChI is InChI=1S/C13H27F3N2/c1-6-8-18(10-13(14,15)16)9-7-11(17-5)12(2,3)4/h11,17H,6-10H2,1-5H3. The molecular weight excluding hydrogens is 241 g/mol. The molecule has 0 aliphatic rings. The number of halogens is 3. The van der Waals surface area contributed by atoms with E-state index in [1.54, 1.807) is 0 Å². The lowest BCUT2D eigenvalue weighted by atomic mass is 9.85. The van der Waals surface area contributed by atoms with Crippen molar-refractivity contribution < 1.29 is 13.2 Å². The normalized spacial score (nSPS) is 15.2. The first-order valence-corrected chi connectivity index (χ1v) is 6.56. The van der Waals surface area contributed by atoms with Gasteiger partial charge in [-0.05, 0) is 38.4 Å². The van der Waals surface area contributed by atoms with Gasteiger partial charge in [-0.1, -0.05) is 27.7 Å². The van der Waals surface area contributed by atoms with Gasteiger partial charge in [0.05, 0.1) is 6.54 Å². The average molecular weight is 268 g/mol. The zero-order chi connectivity index (χ0) is 14.4. The Morgan fingerprint density at radius 1 is 1.11 bits per heavy atom. The maximum Gasteiger partial charge on any atom is 0.401 e. The quantitative estimate of drug-likeness (QED) is 0.762. The lowest BCUT2D eigenvalue weighted by Crippen LogP contribution is -2.43. The summed E-state index contributed by atoms with van der Waals surface area (Å²) in [6.45, 7) is 8.38. The molecule has 110 valence electrons. The van der Waals surface area contributed by atoms with Crippen molar-refractivity contribution in [1.29, 1.82) is 0 Å². The minimum absolute atomic E-state index is 0.0604. The van der Waals surface area contributed by atoms with E-state index in [4.69, 9.17) is 0 Å². The van der Waals surface area contributed by atoms with Gasteiger partial charge in [0.15, 0.2) is 0 Å². The second kappa shape index (κ2) is 7.34. The molecule has 0 heterocycles. The summed E-state index contributed by atoms with van der Waals surface area (Å²) in [5.41, 5.74) is 0.0604. The van der Waals surface area contributed by atoms with Gasteiger partial charge in [0, 0.05) is 6.04 Å². The zero-order valence-corrected chi connectivity index (χ0v) is 12.2. The molecule has 0 aliphatic heterocycles. The molecule has 0 amide bonds. The Labute approximate surface area is 109 Å². The van der Waals surface area contributed by atoms with E-state index in [1.807, 2.05) is 14.0 Å². The van der Waals surface area contributed by atoms with E-state index in [0.29, 0.717) is 13.1 Å². The molecule has 0 saturated heterocycles. The lowest BCUT2D eigenvalue weighted by Gasteiger charge is -2.33. The van der Waals surface area contributed by atoms with Crippen molar-refractivity contribution in [3.63, 3.8) is 0 Å². The third-order valence-electron chi connectivity index (χ3n) is 3.07. The Hall–Kier alpha value is -0.290. The van der Waals surface area contributed by atoms with Crippen molar-refractivity contribution in [2.45, 2.75) is 52.8 Å². The van der Waals surface area contributed by atoms with E-state index in [9.17, 15) is 13.2 Å². The van der Waals surface area contributed by atoms with E-state index in [1.165, 1.54) is 4.90 Å². The molecule has 0 saturated carbocycles. The molecule has 18 heavy (non-hydrogen) atoms. The largest absolute Gasteiger partial charge is 0.401 e. The molecule has 0 rings (SSSR count). The summed E-state index contributed by atoms with van der Waals surface area (Å²) < 4.78 is 37.2. The molecule has 1 N–H and O–H groups in total. The van der Waals surface area contributed by atoms with Gasteiger partial charge < -0.3 is 5.32 Å². The van der Waals surface area contributed by atoms with Crippen LogP contribution in [0.3, 0.4) is 0 Å². The summed E-state index contributed by atoms with van der Waals surface area (Å²) in [7, 11) is 1.86. The highest BCUT2D eigenvalue weighted by molar-refractivity contribution is 4.80. The van der Waals surface area contributed by atoms with Crippen LogP contribution in [0.5, 0.6) is 0 Å². The number of nitrogens with one attached hydrogen (secondary N) is 1. The topological polar surface area (TPSA) is 15.3 Å². The number of hydrogen-bond acceptors (Lipinski definition) is 2. The van der Waals surface area contributed by atoms with Gasteiger partial charge in [0.1, 0.15) is 0 Å². The first kappa shape index (κ1) is 17.7. The van der Waals surface area contributed by atoms with Crippen molar-refractivity contribution in [2.75, 3.05) is 26.7 Å². The second-order valence-corrected chi connectivity index (χ2v) is 5.89. The van der Waals surface area contributed by atoms with E-state index in [-0.39, 0.29) is 11.5 Å². The molecule has 0 radical (unpaired) electrons. The number of hydrogen-bond donors (Lipinski definition) is 1. The van der Waals surface area contributed by atoms with Gasteiger partial charge in [-0.15, -0.1) is 0 Å². The highest BCUT2D eigenvalue weighted by Crippen LogP contribution is 2.23. The molecule has 5 heteroatoms. The Kier molecular flexibility index (Phi) is 7.22. The summed E-state index contributed by atoms with van der Waals surface area (Å²) in [4.78, 5) is 1.50. The molecule has 2 nitrogen and oxygen atoms in total. The number of alkyl halides is 3. The summed E-state index contributed by atoms with van der Waals surface area (Å²) >= 11 is 0. The van der Waals surface area contributed by atoms with Gasteiger partial charge in [0.25, 0.3) is 0 Å². The van der Waals surface area contributed by atoms with Crippen LogP contribution >= 0.6 is 0 Å². The summed E-state index contributed by atoms with van der Waals surface area (Å²) in [5.74, 6) is 0. The van der Waals surface area contributed by atoms with Crippen LogP contribution in [0.4, 0.5) is 13.2 Å². The van der Waals surface area contributed by atoms with Gasteiger partial charge in [-0.2, -0.15) is 13.2 Å². The zero-order valence-electron chi connectivity index (χ0n) is 12.2. The van der Waals surface area contributed by atoms with Crippen LogP contribution in [0.15, 0.2) is 0 Å². The summed E-state index contributed by atoms with van der Waals surface area (Å²) in [5, 5.41) is 3.19. The minimum atomic E-state index is -4.11. The van der Waals surface area contributed by atoms with Crippen LogP contribution in [0.1, 0.15) is 40.5 Å². The van der Waals surface area contributed by atoms with E-state index < -0.39 is 12.7 Å². The fraction of sp³-hybridized carbons (Fsp3) is 1.00. The molecule has 1 unspecified atom stereocenters. The molecule has 0 fully saturated rings. The van der Waals surface area contributed by atoms with Gasteiger partial charge in [-0.25, -0.2) is 0 Å². The fourth-order valence-corrected chi connectivity index (χ4v) is 2.16. The van der Waals surface area contributed by atoms with Crippen LogP contribution in [-0.2, 0) is 0 Å². The lowest BCUT2D eigenvalue weighted by molar-refractivity contribution is -0.146. The van der Waals surface area contributed by atoms with Crippen molar-refractivity contribution in [1.82, 2.24) is 10.2 Å². The molecule has 0 spiro atoms. The Balaban J connectivity index is 4.33. The van der Waals surface area contributed by atoms with Crippen molar-refractivity contribution in [2.24, 2.45) is 5.41 Å². The summed E-state index contributed by atoms with van der Waals surface area (Å²) in [6, 6.07) is 0.227. The maximum atomic E-state index is 12.4. The monoisotopic (exact) mass is 268 g/mol. The van der Waals surface area contributed by atoms with Crippen molar-refractivity contribution >= 4 is 0 Å². The third-order valence-corrected chi connectivity index (χ3v) is 3.07.